The van der Waals surface area contributed by atoms with E-state index in [2.05, 4.69) is 175 Å². The highest BCUT2D eigenvalue weighted by Gasteiger charge is 2.61. The molecule has 2 atom stereocenters. The number of rotatable bonds is 4. The Hall–Kier alpha value is -5.22. The molecular formula is C45H40BN3. The smallest absolute Gasteiger partial charge is 0.252 e. The number of fused-ring (bicyclic) bond motifs is 7. The molecule has 6 aromatic carbocycles. The molecule has 0 aromatic heterocycles. The highest BCUT2D eigenvalue weighted by atomic mass is 15.3. The molecule has 3 heterocycles. The van der Waals surface area contributed by atoms with E-state index in [0.29, 0.717) is 0 Å². The molecule has 1 aliphatic carbocycles. The first kappa shape index (κ1) is 28.8. The zero-order chi connectivity index (χ0) is 32.9. The Morgan fingerprint density at radius 2 is 1.20 bits per heavy atom. The van der Waals surface area contributed by atoms with Gasteiger partial charge in [-0.05, 0) is 103 Å². The molecule has 0 radical (unpaired) electrons. The average molecular weight is 634 g/mol. The molecule has 1 fully saturated rings. The summed E-state index contributed by atoms with van der Waals surface area (Å²) in [7, 11) is 0. The second kappa shape index (κ2) is 10.4. The van der Waals surface area contributed by atoms with Crippen molar-refractivity contribution >= 4 is 68.6 Å². The zero-order valence-corrected chi connectivity index (χ0v) is 28.5. The Labute approximate surface area is 290 Å². The maximum Gasteiger partial charge on any atom is 0.252 e. The molecule has 0 saturated heterocycles. The van der Waals surface area contributed by atoms with Gasteiger partial charge in [0, 0.05) is 45.2 Å². The fraction of sp³-hybridized carbons (Fsp3) is 0.200. The van der Waals surface area contributed by atoms with Crippen LogP contribution in [0.3, 0.4) is 0 Å². The van der Waals surface area contributed by atoms with Gasteiger partial charge >= 0.3 is 0 Å². The van der Waals surface area contributed by atoms with Gasteiger partial charge in [0.2, 0.25) is 0 Å². The molecule has 10 rings (SSSR count). The van der Waals surface area contributed by atoms with E-state index in [1.807, 2.05) is 0 Å². The predicted octanol–water partition coefficient (Wildman–Crippen LogP) is 9.82. The first-order chi connectivity index (χ1) is 24.0. The summed E-state index contributed by atoms with van der Waals surface area (Å²) in [6.45, 7) is 7.60. The molecule has 4 aliphatic rings. The molecule has 4 heteroatoms. The van der Waals surface area contributed by atoms with Crippen LogP contribution < -0.4 is 31.1 Å². The van der Waals surface area contributed by atoms with E-state index in [1.165, 1.54) is 81.8 Å². The first-order valence-corrected chi connectivity index (χ1v) is 18.0. The molecular weight excluding hydrogens is 593 g/mol. The van der Waals surface area contributed by atoms with E-state index in [9.17, 15) is 0 Å². The summed E-state index contributed by atoms with van der Waals surface area (Å²) >= 11 is 0. The van der Waals surface area contributed by atoms with Crippen molar-refractivity contribution in [2.75, 3.05) is 14.7 Å². The van der Waals surface area contributed by atoms with Crippen molar-refractivity contribution in [1.29, 1.82) is 0 Å². The molecule has 3 aliphatic heterocycles. The summed E-state index contributed by atoms with van der Waals surface area (Å²) in [6, 6.07) is 51.9. The quantitative estimate of drug-likeness (QED) is 0.179. The molecule has 49 heavy (non-hydrogen) atoms. The Bertz CT molecular complexity index is 2210. The molecule has 1 saturated carbocycles. The highest BCUT2D eigenvalue weighted by Crippen LogP contribution is 2.62. The van der Waals surface area contributed by atoms with Crippen LogP contribution in [0.25, 0.3) is 0 Å². The summed E-state index contributed by atoms with van der Waals surface area (Å²) in [4.78, 5) is 7.81. The lowest BCUT2D eigenvalue weighted by Gasteiger charge is -2.53. The van der Waals surface area contributed by atoms with Gasteiger partial charge < -0.3 is 14.7 Å². The third-order valence-corrected chi connectivity index (χ3v) is 12.4. The summed E-state index contributed by atoms with van der Waals surface area (Å²) in [5.41, 5.74) is 17.2. The number of nitrogens with zero attached hydrogens (tertiary/aromatic N) is 3. The molecule has 2 unspecified atom stereocenters. The Morgan fingerprint density at radius 3 is 1.92 bits per heavy atom. The van der Waals surface area contributed by atoms with Gasteiger partial charge in [-0.3, -0.25) is 0 Å². The Balaban J connectivity index is 1.35. The van der Waals surface area contributed by atoms with Crippen molar-refractivity contribution < 1.29 is 0 Å². The van der Waals surface area contributed by atoms with Crippen LogP contribution in [0, 0.1) is 6.92 Å². The Morgan fingerprint density at radius 1 is 0.592 bits per heavy atom. The number of hydrogen-bond acceptors (Lipinski definition) is 3. The lowest BCUT2D eigenvalue weighted by molar-refractivity contribution is 0.195. The maximum absolute atomic E-state index is 2.83. The second-order valence-electron chi connectivity index (χ2n) is 15.0. The number of aryl methyl sites for hydroxylation is 1. The largest absolute Gasteiger partial charge is 0.335 e. The van der Waals surface area contributed by atoms with Gasteiger partial charge in [-0.15, -0.1) is 0 Å². The number of para-hydroxylation sites is 4. The number of anilines is 8. The molecule has 6 aromatic rings. The van der Waals surface area contributed by atoms with Crippen molar-refractivity contribution in [1.82, 2.24) is 0 Å². The van der Waals surface area contributed by atoms with E-state index >= 15 is 0 Å². The van der Waals surface area contributed by atoms with Gasteiger partial charge in [-0.1, -0.05) is 110 Å². The van der Waals surface area contributed by atoms with E-state index in [4.69, 9.17) is 0 Å². The minimum atomic E-state index is -0.0354. The van der Waals surface area contributed by atoms with E-state index in [-0.39, 0.29) is 17.7 Å². The van der Waals surface area contributed by atoms with E-state index in [0.717, 1.165) is 11.4 Å². The lowest BCUT2D eigenvalue weighted by Crippen LogP contribution is -2.64. The predicted molar refractivity (Wildman–Crippen MR) is 208 cm³/mol. The van der Waals surface area contributed by atoms with Crippen LogP contribution in [0.1, 0.15) is 50.7 Å². The summed E-state index contributed by atoms with van der Waals surface area (Å²) in [5, 5.41) is 0. The van der Waals surface area contributed by atoms with Crippen LogP contribution >= 0.6 is 0 Å². The third kappa shape index (κ3) is 3.86. The topological polar surface area (TPSA) is 9.72 Å². The molecule has 0 N–H and O–H groups in total. The molecule has 0 bridgehead atoms. The van der Waals surface area contributed by atoms with E-state index < -0.39 is 0 Å². The fourth-order valence-corrected chi connectivity index (χ4v) is 10.0. The van der Waals surface area contributed by atoms with Crippen LogP contribution in [0.4, 0.5) is 45.5 Å². The third-order valence-electron chi connectivity index (χ3n) is 12.4. The standard InChI is InChI=1S/C45H40BN3/c1-31-27-36-43-38(28-31)46-37-23-13-14-24-39(37)48(34-21-11-6-12-22-34)40-29-35(47(32-17-7-4-8-18-32)33-19-9-5-10-20-33)30-41(42(40)46)49(43)45(3)26-16-15-25-44(36,45)2/h4-14,17-24,27-30H,15-16,25-26H2,1-3H3. The normalized spacial score (nSPS) is 21.1. The molecule has 0 amide bonds. The minimum absolute atomic E-state index is 0.0354. The summed E-state index contributed by atoms with van der Waals surface area (Å²) in [5.74, 6) is 0. The van der Waals surface area contributed by atoms with Gasteiger partial charge in [0.05, 0.1) is 11.2 Å². The van der Waals surface area contributed by atoms with Crippen LogP contribution in [0.5, 0.6) is 0 Å². The average Bonchev–Trinajstić information content (AvgIpc) is 3.34. The second-order valence-corrected chi connectivity index (χ2v) is 15.0. The maximum atomic E-state index is 2.83. The molecule has 0 spiro atoms. The number of benzene rings is 6. The van der Waals surface area contributed by atoms with Crippen molar-refractivity contribution in [3.05, 3.63) is 151 Å². The summed E-state index contributed by atoms with van der Waals surface area (Å²) < 4.78 is 0. The number of hydrogen-bond donors (Lipinski definition) is 0. The van der Waals surface area contributed by atoms with E-state index in [1.54, 1.807) is 5.56 Å². The van der Waals surface area contributed by atoms with Crippen molar-refractivity contribution in [3.63, 3.8) is 0 Å². The van der Waals surface area contributed by atoms with Crippen LogP contribution in [-0.4, -0.2) is 12.3 Å². The molecule has 3 nitrogen and oxygen atoms in total. The minimum Gasteiger partial charge on any atom is -0.335 e. The van der Waals surface area contributed by atoms with Gasteiger partial charge in [0.15, 0.2) is 0 Å². The lowest BCUT2D eigenvalue weighted by atomic mass is 9.33. The van der Waals surface area contributed by atoms with Gasteiger partial charge in [0.25, 0.3) is 6.71 Å². The van der Waals surface area contributed by atoms with Crippen LogP contribution in [0.2, 0.25) is 0 Å². The van der Waals surface area contributed by atoms with Gasteiger partial charge in [-0.2, -0.15) is 0 Å². The highest BCUT2D eigenvalue weighted by molar-refractivity contribution is 7.00. The van der Waals surface area contributed by atoms with Crippen LogP contribution in [-0.2, 0) is 5.41 Å². The van der Waals surface area contributed by atoms with Crippen molar-refractivity contribution in [2.45, 2.75) is 57.4 Å². The van der Waals surface area contributed by atoms with Crippen molar-refractivity contribution in [3.8, 4) is 0 Å². The van der Waals surface area contributed by atoms with Crippen LogP contribution in [0.15, 0.2) is 140 Å². The molecule has 238 valence electrons. The summed E-state index contributed by atoms with van der Waals surface area (Å²) in [6.07, 6.45) is 4.94. The Kier molecular flexibility index (Phi) is 6.10. The fourth-order valence-electron chi connectivity index (χ4n) is 10.0. The monoisotopic (exact) mass is 633 g/mol. The first-order valence-electron chi connectivity index (χ1n) is 18.0. The van der Waals surface area contributed by atoms with Gasteiger partial charge in [0.1, 0.15) is 0 Å². The van der Waals surface area contributed by atoms with Crippen molar-refractivity contribution in [2.24, 2.45) is 0 Å². The zero-order valence-electron chi connectivity index (χ0n) is 28.5. The SMILES string of the molecule is Cc1cc2c3c(c1)C1(C)CCCCC1(C)N3c1cc(N(c3ccccc3)c3ccccc3)cc3c1B2c1ccccc1N3c1ccccc1. The van der Waals surface area contributed by atoms with Gasteiger partial charge in [-0.25, -0.2) is 0 Å².